The molecule has 21 heavy (non-hydrogen) atoms. The third kappa shape index (κ3) is 5.01. The molecule has 116 valence electrons. The molecule has 1 aliphatic rings. The first-order valence-electron chi connectivity index (χ1n) is 7.85. The fourth-order valence-corrected chi connectivity index (χ4v) is 2.69. The van der Waals surface area contributed by atoms with Gasteiger partial charge in [-0.3, -0.25) is 4.79 Å². The summed E-state index contributed by atoms with van der Waals surface area (Å²) in [6.45, 7) is 5.92. The van der Waals surface area contributed by atoms with Gasteiger partial charge in [0.15, 0.2) is 0 Å². The van der Waals surface area contributed by atoms with Gasteiger partial charge in [0, 0.05) is 24.8 Å². The van der Waals surface area contributed by atoms with Crippen LogP contribution in [0.4, 0.5) is 5.82 Å². The highest BCUT2D eigenvalue weighted by atomic mass is 16.1. The Labute approximate surface area is 127 Å². The number of rotatable bonds is 6. The molecule has 2 rings (SSSR count). The molecule has 0 atom stereocenters. The summed E-state index contributed by atoms with van der Waals surface area (Å²) >= 11 is 0. The van der Waals surface area contributed by atoms with Crippen LogP contribution >= 0.6 is 0 Å². The lowest BCUT2D eigenvalue weighted by atomic mass is 9.94. The lowest BCUT2D eigenvalue weighted by Gasteiger charge is -2.28. The maximum absolute atomic E-state index is 12.1. The van der Waals surface area contributed by atoms with Crippen molar-refractivity contribution in [2.24, 2.45) is 5.92 Å². The minimum absolute atomic E-state index is 0.00974. The van der Waals surface area contributed by atoms with Gasteiger partial charge >= 0.3 is 0 Å². The zero-order chi connectivity index (χ0) is 15.1. The van der Waals surface area contributed by atoms with Gasteiger partial charge in [-0.25, -0.2) is 4.98 Å². The number of anilines is 1. The zero-order valence-electron chi connectivity index (χ0n) is 13.1. The number of piperidine rings is 1. The van der Waals surface area contributed by atoms with Crippen molar-refractivity contribution in [1.82, 2.24) is 15.2 Å². The average Bonchev–Trinajstić information content (AvgIpc) is 2.50. The van der Waals surface area contributed by atoms with E-state index in [0.717, 1.165) is 31.2 Å². The fraction of sp³-hybridized carbons (Fsp3) is 0.625. The molecular formula is C16H26N4O. The van der Waals surface area contributed by atoms with Gasteiger partial charge in [0.25, 0.3) is 5.91 Å². The van der Waals surface area contributed by atoms with Gasteiger partial charge in [-0.2, -0.15) is 0 Å². The van der Waals surface area contributed by atoms with Crippen LogP contribution in [0.1, 0.15) is 36.5 Å². The Kier molecular flexibility index (Phi) is 5.99. The van der Waals surface area contributed by atoms with Gasteiger partial charge in [-0.1, -0.05) is 0 Å². The summed E-state index contributed by atoms with van der Waals surface area (Å²) in [5, 5.41) is 6.14. The molecule has 1 fully saturated rings. The van der Waals surface area contributed by atoms with Gasteiger partial charge < -0.3 is 15.5 Å². The van der Waals surface area contributed by atoms with Gasteiger partial charge in [0.1, 0.15) is 5.82 Å². The van der Waals surface area contributed by atoms with Gasteiger partial charge in [-0.15, -0.1) is 0 Å². The number of nitrogens with one attached hydrogen (secondary N) is 2. The van der Waals surface area contributed by atoms with E-state index in [-0.39, 0.29) is 5.91 Å². The van der Waals surface area contributed by atoms with Crippen LogP contribution in [-0.4, -0.2) is 49.0 Å². The number of nitrogens with zero attached hydrogens (tertiary/aromatic N) is 2. The molecule has 0 bridgehead atoms. The third-order valence-electron chi connectivity index (χ3n) is 4.06. The third-order valence-corrected chi connectivity index (χ3v) is 4.06. The fourth-order valence-electron chi connectivity index (χ4n) is 2.69. The lowest BCUT2D eigenvalue weighted by molar-refractivity contribution is 0.0949. The molecule has 0 spiro atoms. The average molecular weight is 290 g/mol. The van der Waals surface area contributed by atoms with Crippen molar-refractivity contribution in [2.75, 3.05) is 38.5 Å². The van der Waals surface area contributed by atoms with Crippen molar-refractivity contribution in [3.63, 3.8) is 0 Å². The monoisotopic (exact) mass is 290 g/mol. The van der Waals surface area contributed by atoms with Crippen LogP contribution in [0.15, 0.2) is 18.3 Å². The Bertz CT molecular complexity index is 455. The Morgan fingerprint density at radius 1 is 1.43 bits per heavy atom. The van der Waals surface area contributed by atoms with Crippen LogP contribution in [0.25, 0.3) is 0 Å². The normalized spacial score (nSPS) is 16.7. The van der Waals surface area contributed by atoms with E-state index in [0.29, 0.717) is 5.56 Å². The molecule has 1 aliphatic heterocycles. The van der Waals surface area contributed by atoms with E-state index in [1.165, 1.54) is 25.9 Å². The van der Waals surface area contributed by atoms with Crippen LogP contribution in [0.3, 0.4) is 0 Å². The van der Waals surface area contributed by atoms with E-state index in [9.17, 15) is 4.79 Å². The van der Waals surface area contributed by atoms with Crippen LogP contribution in [0, 0.1) is 5.92 Å². The maximum atomic E-state index is 12.1. The van der Waals surface area contributed by atoms with Crippen molar-refractivity contribution in [2.45, 2.75) is 26.2 Å². The molecule has 2 heterocycles. The topological polar surface area (TPSA) is 57.3 Å². The number of hydrogen-bond donors (Lipinski definition) is 2. The summed E-state index contributed by atoms with van der Waals surface area (Å²) in [5.74, 6) is 1.49. The molecule has 1 saturated heterocycles. The van der Waals surface area contributed by atoms with Crippen molar-refractivity contribution in [3.8, 4) is 0 Å². The minimum Gasteiger partial charge on any atom is -0.370 e. The Balaban J connectivity index is 1.75. The van der Waals surface area contributed by atoms with E-state index < -0.39 is 0 Å². The van der Waals surface area contributed by atoms with Crippen molar-refractivity contribution in [3.05, 3.63) is 23.9 Å². The first-order valence-corrected chi connectivity index (χ1v) is 7.85. The van der Waals surface area contributed by atoms with Crippen LogP contribution in [0.2, 0.25) is 0 Å². The molecule has 0 unspecified atom stereocenters. The van der Waals surface area contributed by atoms with Crippen molar-refractivity contribution in [1.29, 1.82) is 0 Å². The molecule has 2 N–H and O–H groups in total. The first kappa shape index (κ1) is 15.8. The first-order chi connectivity index (χ1) is 10.2. The van der Waals surface area contributed by atoms with Gasteiger partial charge in [0.2, 0.25) is 0 Å². The predicted octanol–water partition coefficient (Wildman–Crippen LogP) is 1.98. The summed E-state index contributed by atoms with van der Waals surface area (Å²) < 4.78 is 0. The lowest BCUT2D eigenvalue weighted by Crippen LogP contribution is -2.32. The van der Waals surface area contributed by atoms with Crippen LogP contribution < -0.4 is 10.6 Å². The molecule has 5 heteroatoms. The molecule has 0 aliphatic carbocycles. The minimum atomic E-state index is -0.00974. The van der Waals surface area contributed by atoms with Crippen molar-refractivity contribution < 1.29 is 4.79 Å². The summed E-state index contributed by atoms with van der Waals surface area (Å²) in [6, 6.07) is 3.56. The number of carbonyl (C=O) groups is 1. The summed E-state index contributed by atoms with van der Waals surface area (Å²) in [4.78, 5) is 18.7. The summed E-state index contributed by atoms with van der Waals surface area (Å²) in [5.41, 5.74) is 0.671. The molecule has 0 aromatic carbocycles. The van der Waals surface area contributed by atoms with E-state index in [1.807, 2.05) is 6.92 Å². The van der Waals surface area contributed by atoms with Crippen molar-refractivity contribution >= 4 is 11.7 Å². The Hall–Kier alpha value is -1.62. The molecule has 0 radical (unpaired) electrons. The van der Waals surface area contributed by atoms with Gasteiger partial charge in [0.05, 0.1) is 0 Å². The zero-order valence-corrected chi connectivity index (χ0v) is 13.1. The second-order valence-corrected chi connectivity index (χ2v) is 5.75. The highest BCUT2D eigenvalue weighted by Crippen LogP contribution is 2.18. The second kappa shape index (κ2) is 7.98. The number of aromatic nitrogens is 1. The molecule has 5 nitrogen and oxygen atoms in total. The molecule has 1 aromatic heterocycles. The number of likely N-dealkylation sites (tertiary alicyclic amines) is 1. The largest absolute Gasteiger partial charge is 0.370 e. The van der Waals surface area contributed by atoms with E-state index in [4.69, 9.17) is 0 Å². The Morgan fingerprint density at radius 3 is 2.90 bits per heavy atom. The molecular weight excluding hydrogens is 264 g/mol. The number of hydrogen-bond acceptors (Lipinski definition) is 4. The predicted molar refractivity (Wildman–Crippen MR) is 85.6 cm³/mol. The molecule has 1 amide bonds. The van der Waals surface area contributed by atoms with E-state index >= 15 is 0 Å². The van der Waals surface area contributed by atoms with E-state index in [1.54, 1.807) is 18.3 Å². The molecule has 1 aromatic rings. The Morgan fingerprint density at radius 2 is 2.19 bits per heavy atom. The highest BCUT2D eigenvalue weighted by molar-refractivity contribution is 5.94. The van der Waals surface area contributed by atoms with E-state index in [2.05, 4.69) is 27.6 Å². The standard InChI is InChI=1S/C16H26N4O/c1-3-17-15-12-14(5-9-18-15)16(21)19-8-4-13-6-10-20(2)11-7-13/h5,9,12-13H,3-4,6-8,10-11H2,1-2H3,(H,17,18)(H,19,21). The number of amides is 1. The smallest absolute Gasteiger partial charge is 0.251 e. The SMILES string of the molecule is CCNc1cc(C(=O)NCCC2CCN(C)CC2)ccn1. The number of carbonyl (C=O) groups excluding carboxylic acids is 1. The summed E-state index contributed by atoms with van der Waals surface area (Å²) in [6.07, 6.45) is 5.23. The van der Waals surface area contributed by atoms with Gasteiger partial charge in [-0.05, 0) is 64.4 Å². The molecule has 0 saturated carbocycles. The quantitative estimate of drug-likeness (QED) is 0.841. The maximum Gasteiger partial charge on any atom is 0.251 e. The summed E-state index contributed by atoms with van der Waals surface area (Å²) in [7, 11) is 2.17. The number of pyridine rings is 1. The van der Waals surface area contributed by atoms with Crippen LogP contribution in [0.5, 0.6) is 0 Å². The second-order valence-electron chi connectivity index (χ2n) is 5.75. The van der Waals surface area contributed by atoms with Crippen LogP contribution in [-0.2, 0) is 0 Å². The highest BCUT2D eigenvalue weighted by Gasteiger charge is 2.16.